The van der Waals surface area contributed by atoms with Crippen LogP contribution in [0, 0.1) is 0 Å². The molecule has 1 N–H and O–H groups in total. The summed E-state index contributed by atoms with van der Waals surface area (Å²) in [5.74, 6) is 0.922. The second kappa shape index (κ2) is 5.45. The topological polar surface area (TPSA) is 21.3 Å². The standard InChI is InChI=1S/C17H19NO/c1-19-15-7-4-5-13(11-15)12-18-17-10-9-14-6-2-3-8-16(14)17/h2-8,11,17-18H,9-10,12H2,1H3. The Hall–Kier alpha value is -1.80. The van der Waals surface area contributed by atoms with Gasteiger partial charge in [-0.25, -0.2) is 0 Å². The number of aryl methyl sites for hydroxylation is 1. The highest BCUT2D eigenvalue weighted by Gasteiger charge is 2.20. The zero-order valence-corrected chi connectivity index (χ0v) is 11.2. The number of hydrogen-bond donors (Lipinski definition) is 1. The minimum atomic E-state index is 0.488. The molecule has 0 saturated carbocycles. The predicted molar refractivity (Wildman–Crippen MR) is 77.3 cm³/mol. The second-order valence-corrected chi connectivity index (χ2v) is 5.02. The van der Waals surface area contributed by atoms with Gasteiger partial charge in [-0.15, -0.1) is 0 Å². The quantitative estimate of drug-likeness (QED) is 0.900. The van der Waals surface area contributed by atoms with Gasteiger partial charge in [-0.1, -0.05) is 36.4 Å². The van der Waals surface area contributed by atoms with E-state index >= 15 is 0 Å². The van der Waals surface area contributed by atoms with E-state index in [4.69, 9.17) is 4.74 Å². The molecule has 0 fully saturated rings. The van der Waals surface area contributed by atoms with Crippen LogP contribution in [0.2, 0.25) is 0 Å². The van der Waals surface area contributed by atoms with E-state index in [1.807, 2.05) is 12.1 Å². The maximum Gasteiger partial charge on any atom is 0.119 e. The van der Waals surface area contributed by atoms with Crippen LogP contribution < -0.4 is 10.1 Å². The van der Waals surface area contributed by atoms with E-state index in [9.17, 15) is 0 Å². The monoisotopic (exact) mass is 253 g/mol. The highest BCUT2D eigenvalue weighted by atomic mass is 16.5. The summed E-state index contributed by atoms with van der Waals surface area (Å²) in [5, 5.41) is 3.65. The molecule has 0 saturated heterocycles. The van der Waals surface area contributed by atoms with Gasteiger partial charge >= 0.3 is 0 Å². The van der Waals surface area contributed by atoms with Crippen LogP contribution in [0.4, 0.5) is 0 Å². The Labute approximate surface area is 114 Å². The average Bonchev–Trinajstić information content (AvgIpc) is 2.89. The third-order valence-corrected chi connectivity index (χ3v) is 3.82. The summed E-state index contributed by atoms with van der Waals surface area (Å²) in [5.41, 5.74) is 4.22. The molecule has 0 spiro atoms. The lowest BCUT2D eigenvalue weighted by Crippen LogP contribution is -2.18. The Balaban J connectivity index is 1.67. The van der Waals surface area contributed by atoms with Gasteiger partial charge in [-0.3, -0.25) is 0 Å². The van der Waals surface area contributed by atoms with Crippen molar-refractivity contribution in [1.82, 2.24) is 5.32 Å². The molecule has 0 heterocycles. The van der Waals surface area contributed by atoms with E-state index in [0.29, 0.717) is 6.04 Å². The molecule has 0 radical (unpaired) electrons. The molecule has 1 aliphatic carbocycles. The van der Waals surface area contributed by atoms with Crippen molar-refractivity contribution in [3.63, 3.8) is 0 Å². The molecule has 1 atom stereocenters. The van der Waals surface area contributed by atoms with E-state index in [1.165, 1.54) is 29.5 Å². The molecule has 0 amide bonds. The van der Waals surface area contributed by atoms with Crippen LogP contribution in [0.3, 0.4) is 0 Å². The SMILES string of the molecule is COc1cccc(CNC2CCc3ccccc32)c1. The smallest absolute Gasteiger partial charge is 0.119 e. The van der Waals surface area contributed by atoms with Gasteiger partial charge in [0.1, 0.15) is 5.75 Å². The van der Waals surface area contributed by atoms with Crippen molar-refractivity contribution < 1.29 is 4.74 Å². The van der Waals surface area contributed by atoms with Crippen LogP contribution in [0.1, 0.15) is 29.2 Å². The maximum absolute atomic E-state index is 5.26. The Morgan fingerprint density at radius 1 is 1.16 bits per heavy atom. The molecule has 1 aliphatic rings. The number of ether oxygens (including phenoxy) is 1. The van der Waals surface area contributed by atoms with Gasteiger partial charge in [0, 0.05) is 12.6 Å². The first-order valence-electron chi connectivity index (χ1n) is 6.81. The van der Waals surface area contributed by atoms with E-state index in [-0.39, 0.29) is 0 Å². The van der Waals surface area contributed by atoms with Crippen molar-refractivity contribution in [2.45, 2.75) is 25.4 Å². The first-order chi connectivity index (χ1) is 9.36. The fraction of sp³-hybridized carbons (Fsp3) is 0.294. The minimum Gasteiger partial charge on any atom is -0.497 e. The Morgan fingerprint density at radius 3 is 2.95 bits per heavy atom. The van der Waals surface area contributed by atoms with Gasteiger partial charge < -0.3 is 10.1 Å². The summed E-state index contributed by atoms with van der Waals surface area (Å²) in [6.07, 6.45) is 2.38. The number of benzene rings is 2. The number of rotatable bonds is 4. The van der Waals surface area contributed by atoms with Crippen LogP contribution in [0.25, 0.3) is 0 Å². The van der Waals surface area contributed by atoms with Crippen LogP contribution in [-0.2, 0) is 13.0 Å². The van der Waals surface area contributed by atoms with E-state index in [1.54, 1.807) is 7.11 Å². The second-order valence-electron chi connectivity index (χ2n) is 5.02. The fourth-order valence-electron chi connectivity index (χ4n) is 2.79. The van der Waals surface area contributed by atoms with Crippen molar-refractivity contribution >= 4 is 0 Å². The molecule has 2 aromatic rings. The summed E-state index contributed by atoms with van der Waals surface area (Å²) in [7, 11) is 1.71. The van der Waals surface area contributed by atoms with E-state index in [2.05, 4.69) is 41.7 Å². The molecule has 2 aromatic carbocycles. The van der Waals surface area contributed by atoms with Gasteiger partial charge in [-0.2, -0.15) is 0 Å². The average molecular weight is 253 g/mol. The molecule has 19 heavy (non-hydrogen) atoms. The summed E-state index contributed by atoms with van der Waals surface area (Å²) in [6.45, 7) is 0.885. The molecule has 98 valence electrons. The molecule has 2 heteroatoms. The summed E-state index contributed by atoms with van der Waals surface area (Å²) in [6, 6.07) is 17.5. The van der Waals surface area contributed by atoms with Crippen LogP contribution in [0.5, 0.6) is 5.75 Å². The molecule has 0 bridgehead atoms. The van der Waals surface area contributed by atoms with Gasteiger partial charge in [-0.05, 0) is 41.7 Å². The molecular weight excluding hydrogens is 234 g/mol. The number of hydrogen-bond acceptors (Lipinski definition) is 2. The highest BCUT2D eigenvalue weighted by Crippen LogP contribution is 2.30. The van der Waals surface area contributed by atoms with Crippen molar-refractivity contribution in [3.05, 3.63) is 65.2 Å². The first kappa shape index (κ1) is 12.2. The Morgan fingerprint density at radius 2 is 2.05 bits per heavy atom. The van der Waals surface area contributed by atoms with Crippen molar-refractivity contribution in [2.75, 3.05) is 7.11 Å². The maximum atomic E-state index is 5.26. The summed E-state index contributed by atoms with van der Waals surface area (Å²) >= 11 is 0. The van der Waals surface area contributed by atoms with Crippen LogP contribution >= 0.6 is 0 Å². The third-order valence-electron chi connectivity index (χ3n) is 3.82. The molecule has 0 aliphatic heterocycles. The number of fused-ring (bicyclic) bond motifs is 1. The van der Waals surface area contributed by atoms with Gasteiger partial charge in [0.05, 0.1) is 7.11 Å². The Kier molecular flexibility index (Phi) is 3.51. The molecular formula is C17H19NO. The van der Waals surface area contributed by atoms with Crippen molar-refractivity contribution in [1.29, 1.82) is 0 Å². The summed E-state index contributed by atoms with van der Waals surface area (Å²) < 4.78 is 5.26. The van der Waals surface area contributed by atoms with Gasteiger partial charge in [0.25, 0.3) is 0 Å². The zero-order chi connectivity index (χ0) is 13.1. The van der Waals surface area contributed by atoms with E-state index in [0.717, 1.165) is 12.3 Å². The third kappa shape index (κ3) is 2.64. The largest absolute Gasteiger partial charge is 0.497 e. The fourth-order valence-corrected chi connectivity index (χ4v) is 2.79. The van der Waals surface area contributed by atoms with E-state index < -0.39 is 0 Å². The van der Waals surface area contributed by atoms with Crippen molar-refractivity contribution in [3.8, 4) is 5.75 Å². The van der Waals surface area contributed by atoms with Gasteiger partial charge in [0.15, 0.2) is 0 Å². The first-order valence-corrected chi connectivity index (χ1v) is 6.81. The molecule has 3 rings (SSSR count). The Bertz CT molecular complexity index is 565. The van der Waals surface area contributed by atoms with Crippen molar-refractivity contribution in [2.24, 2.45) is 0 Å². The molecule has 0 aromatic heterocycles. The summed E-state index contributed by atoms with van der Waals surface area (Å²) in [4.78, 5) is 0. The minimum absolute atomic E-state index is 0.488. The number of nitrogens with one attached hydrogen (secondary N) is 1. The van der Waals surface area contributed by atoms with Crippen LogP contribution in [-0.4, -0.2) is 7.11 Å². The molecule has 1 unspecified atom stereocenters. The molecule has 2 nitrogen and oxygen atoms in total. The normalized spacial score (nSPS) is 17.2. The number of methoxy groups -OCH3 is 1. The van der Waals surface area contributed by atoms with Crippen LogP contribution in [0.15, 0.2) is 48.5 Å². The lowest BCUT2D eigenvalue weighted by molar-refractivity contribution is 0.413. The van der Waals surface area contributed by atoms with Gasteiger partial charge in [0.2, 0.25) is 0 Å². The lowest BCUT2D eigenvalue weighted by atomic mass is 10.1. The predicted octanol–water partition coefficient (Wildman–Crippen LogP) is 3.47. The zero-order valence-electron chi connectivity index (χ0n) is 11.2. The lowest BCUT2D eigenvalue weighted by Gasteiger charge is -2.14. The highest BCUT2D eigenvalue weighted by molar-refractivity contribution is 5.34.